The fraction of sp³-hybridized carbons (Fsp3) is 0.957. The first-order chi connectivity index (χ1) is 32.4. The van der Waals surface area contributed by atoms with E-state index in [1.807, 2.05) is 0 Å². The molecule has 0 bridgehead atoms. The van der Waals surface area contributed by atoms with Gasteiger partial charge in [0.15, 0.2) is 6.10 Å². The molecule has 7 unspecified atom stereocenters. The van der Waals surface area contributed by atoms with E-state index in [0.717, 1.165) is 51.4 Å². The Morgan fingerprint density at radius 1 is 0.485 bits per heavy atom. The van der Waals surface area contributed by atoms with Gasteiger partial charge in [-0.1, -0.05) is 206 Å². The molecule has 68 heavy (non-hydrogen) atoms. The number of aliphatic hydroxyl groups excluding tert-OH is 2. The Hall–Kier alpha value is -0.810. The van der Waals surface area contributed by atoms with E-state index in [-0.39, 0.29) is 12.8 Å². The zero-order valence-electron chi connectivity index (χ0n) is 41.4. The largest absolute Gasteiger partial charge is 0.790 e. The summed E-state index contributed by atoms with van der Waals surface area (Å²) in [4.78, 5) is 83.5. The average molecular weight is 1030 g/mol. The Bertz CT molecular complexity index is 1410. The van der Waals surface area contributed by atoms with Crippen LogP contribution in [0.1, 0.15) is 239 Å². The molecule has 0 aliphatic heterocycles. The van der Waals surface area contributed by atoms with Crippen molar-refractivity contribution in [2.75, 3.05) is 13.2 Å². The summed E-state index contributed by atoms with van der Waals surface area (Å²) in [6, 6.07) is 0. The van der Waals surface area contributed by atoms with E-state index in [0.29, 0.717) is 12.8 Å². The van der Waals surface area contributed by atoms with Gasteiger partial charge in [0.05, 0.1) is 34.5 Å². The van der Waals surface area contributed by atoms with Gasteiger partial charge in [0, 0.05) is 19.3 Å². The SMILES string of the molecule is CCCCCCCCCCCCCCCCCCCC(=O)OC(COC(=O)CCCCCCCCCCCCCCCCC)COP(=O)([O-])OC1C(O)CC(OP(=O)([O-])[O-])C(OP(=O)([O-])[O-])C1O. The summed E-state index contributed by atoms with van der Waals surface area (Å²) < 4.78 is 64.3. The maximum absolute atomic E-state index is 13.0. The van der Waals surface area contributed by atoms with Gasteiger partial charge in [-0.25, -0.2) is 0 Å². The highest BCUT2D eigenvalue weighted by Crippen LogP contribution is 2.46. The summed E-state index contributed by atoms with van der Waals surface area (Å²) in [7, 11) is -17.5. The molecule has 0 aromatic carbocycles. The Morgan fingerprint density at radius 2 is 0.838 bits per heavy atom. The third-order valence-electron chi connectivity index (χ3n) is 12.3. The van der Waals surface area contributed by atoms with Crippen molar-refractivity contribution in [3.05, 3.63) is 0 Å². The average Bonchev–Trinajstić information content (AvgIpc) is 3.26. The molecule has 0 radical (unpaired) electrons. The number of phosphoric acid groups is 3. The molecule has 7 atom stereocenters. The van der Waals surface area contributed by atoms with Crippen LogP contribution >= 0.6 is 23.5 Å². The molecule has 1 rings (SSSR count). The van der Waals surface area contributed by atoms with Gasteiger partial charge in [0.1, 0.15) is 24.9 Å². The fourth-order valence-corrected chi connectivity index (χ4v) is 10.5. The van der Waals surface area contributed by atoms with Crippen molar-refractivity contribution >= 4 is 35.4 Å². The normalized spacial score (nSPS) is 20.3. The number of hydrogen-bond acceptors (Lipinski definition) is 18. The first kappa shape index (κ1) is 65.2. The van der Waals surface area contributed by atoms with E-state index < -0.39 is 91.7 Å². The molecule has 0 aromatic rings. The van der Waals surface area contributed by atoms with Crippen LogP contribution < -0.4 is 24.5 Å². The minimum Gasteiger partial charge on any atom is -0.790 e. The lowest BCUT2D eigenvalue weighted by molar-refractivity contribution is -0.362. The van der Waals surface area contributed by atoms with Crippen LogP contribution in [0.4, 0.5) is 0 Å². The van der Waals surface area contributed by atoms with Gasteiger partial charge >= 0.3 is 11.9 Å². The Morgan fingerprint density at radius 3 is 1.21 bits per heavy atom. The second-order valence-corrected chi connectivity index (χ2v) is 22.2. The quantitative estimate of drug-likeness (QED) is 0.0330. The molecule has 1 saturated carbocycles. The highest BCUT2D eigenvalue weighted by Gasteiger charge is 2.48. The number of unbranched alkanes of at least 4 members (excludes halogenated alkanes) is 30. The number of rotatable bonds is 46. The number of ether oxygens (including phenoxy) is 2. The van der Waals surface area contributed by atoms with Crippen molar-refractivity contribution in [1.82, 2.24) is 0 Å². The predicted octanol–water partition coefficient (Wildman–Crippen LogP) is 8.17. The molecular formula is C47H88O18P3-5. The molecule has 1 aliphatic rings. The van der Waals surface area contributed by atoms with Crippen LogP contribution in [0.2, 0.25) is 0 Å². The molecule has 0 saturated heterocycles. The minimum atomic E-state index is -6.02. The molecule has 404 valence electrons. The third-order valence-corrected chi connectivity index (χ3v) is 14.3. The molecule has 21 heteroatoms. The molecule has 0 heterocycles. The van der Waals surface area contributed by atoms with E-state index in [2.05, 4.69) is 22.9 Å². The van der Waals surface area contributed by atoms with E-state index in [1.54, 1.807) is 0 Å². The lowest BCUT2D eigenvalue weighted by Crippen LogP contribution is -2.58. The summed E-state index contributed by atoms with van der Waals surface area (Å²) in [5.41, 5.74) is 0. The van der Waals surface area contributed by atoms with E-state index in [4.69, 9.17) is 18.5 Å². The van der Waals surface area contributed by atoms with Crippen molar-refractivity contribution in [3.8, 4) is 0 Å². The van der Waals surface area contributed by atoms with Gasteiger partial charge in [-0.05, 0) is 12.8 Å². The summed E-state index contributed by atoms with van der Waals surface area (Å²) >= 11 is 0. The molecule has 1 aliphatic carbocycles. The second-order valence-electron chi connectivity index (χ2n) is 18.6. The maximum atomic E-state index is 13.0. The first-order valence-electron chi connectivity index (χ1n) is 26.1. The fourth-order valence-electron chi connectivity index (χ4n) is 8.43. The van der Waals surface area contributed by atoms with E-state index in [1.165, 1.54) is 141 Å². The van der Waals surface area contributed by atoms with Gasteiger partial charge in [-0.2, -0.15) is 0 Å². The Kier molecular flexibility index (Phi) is 38.1. The van der Waals surface area contributed by atoms with Gasteiger partial charge in [0.25, 0.3) is 7.82 Å². The Balaban J connectivity index is 2.61. The molecule has 1 fully saturated rings. The monoisotopic (exact) mass is 1030 g/mol. The van der Waals surface area contributed by atoms with Gasteiger partial charge in [0.2, 0.25) is 0 Å². The van der Waals surface area contributed by atoms with Crippen molar-refractivity contribution in [1.29, 1.82) is 0 Å². The van der Waals surface area contributed by atoms with Gasteiger partial charge < -0.3 is 71.4 Å². The lowest BCUT2D eigenvalue weighted by Gasteiger charge is -2.48. The van der Waals surface area contributed by atoms with Crippen molar-refractivity contribution in [2.24, 2.45) is 0 Å². The minimum absolute atomic E-state index is 0.00172. The predicted molar refractivity (Wildman–Crippen MR) is 249 cm³/mol. The van der Waals surface area contributed by atoms with Crippen LogP contribution in [0.15, 0.2) is 0 Å². The van der Waals surface area contributed by atoms with Crippen LogP contribution in [0.3, 0.4) is 0 Å². The summed E-state index contributed by atoms with van der Waals surface area (Å²) in [6.45, 7) is 2.95. The Labute approximate surface area is 408 Å². The molecule has 0 aromatic heterocycles. The lowest BCUT2D eigenvalue weighted by atomic mass is 9.87. The zero-order valence-corrected chi connectivity index (χ0v) is 44.1. The highest BCUT2D eigenvalue weighted by molar-refractivity contribution is 7.46. The zero-order chi connectivity index (χ0) is 50.5. The first-order valence-corrected chi connectivity index (χ1v) is 30.5. The summed E-state index contributed by atoms with van der Waals surface area (Å²) in [6.07, 6.45) is 23.2. The summed E-state index contributed by atoms with van der Waals surface area (Å²) in [5.74, 6) is -1.29. The molecular weight excluding hydrogens is 945 g/mol. The maximum Gasteiger partial charge on any atom is 0.306 e. The highest BCUT2D eigenvalue weighted by atomic mass is 31.2. The third kappa shape index (κ3) is 37.0. The number of hydrogen-bond donors (Lipinski definition) is 2. The number of carbonyl (C=O) groups is 2. The summed E-state index contributed by atoms with van der Waals surface area (Å²) in [5, 5.41) is 21.1. The molecule has 0 spiro atoms. The number of esters is 2. The van der Waals surface area contributed by atoms with Gasteiger partial charge in [-0.3, -0.25) is 14.2 Å². The molecule has 0 amide bonds. The van der Waals surface area contributed by atoms with Crippen LogP contribution in [0.5, 0.6) is 0 Å². The molecule has 18 nitrogen and oxygen atoms in total. The van der Waals surface area contributed by atoms with E-state index >= 15 is 0 Å². The van der Waals surface area contributed by atoms with Crippen molar-refractivity contribution < 1.29 is 85.5 Å². The smallest absolute Gasteiger partial charge is 0.306 e. The second kappa shape index (κ2) is 39.7. The van der Waals surface area contributed by atoms with Crippen LogP contribution in [0, 0.1) is 0 Å². The standard InChI is InChI=1S/C47H93O18P3/c1-3-5-7-9-11-13-15-17-19-20-22-24-26-28-30-32-34-36-44(50)62-40(38-60-43(49)35-33-31-29-27-25-23-21-18-16-14-12-10-8-6-4-2)39-61-68(58,59)65-46-41(48)37-42(63-66(52,53)54)47(45(46)51)64-67(55,56)57/h40-42,45-48,51H,3-39H2,1-2H3,(H,58,59)(H2,52,53,54)(H2,55,56,57)/p-5. The number of carbonyl (C=O) groups excluding carboxylic acids is 2. The van der Waals surface area contributed by atoms with E-state index in [9.17, 15) is 58.0 Å². The van der Waals surface area contributed by atoms with Crippen molar-refractivity contribution in [3.63, 3.8) is 0 Å². The van der Waals surface area contributed by atoms with Gasteiger partial charge in [-0.15, -0.1) is 0 Å². The van der Waals surface area contributed by atoms with Crippen LogP contribution in [-0.2, 0) is 50.9 Å². The van der Waals surface area contributed by atoms with Crippen molar-refractivity contribution in [2.45, 2.75) is 275 Å². The number of aliphatic hydroxyl groups is 2. The van der Waals surface area contributed by atoms with Crippen LogP contribution in [-0.4, -0.2) is 72.0 Å². The number of phosphoric ester groups is 3. The van der Waals surface area contributed by atoms with Crippen LogP contribution in [0.25, 0.3) is 0 Å². The topological polar surface area (TPSA) is 296 Å². The molecule has 2 N–H and O–H groups in total.